The van der Waals surface area contributed by atoms with Gasteiger partial charge in [-0.3, -0.25) is 0 Å². The molecule has 0 aliphatic carbocycles. The number of rotatable bonds is 8. The highest BCUT2D eigenvalue weighted by molar-refractivity contribution is 7.80. The summed E-state index contributed by atoms with van der Waals surface area (Å²) in [5, 5.41) is 19.7. The number of hydrogen-bond acceptors (Lipinski definition) is 7. The summed E-state index contributed by atoms with van der Waals surface area (Å²) in [6.45, 7) is 0.868. The SMILES string of the molecule is CN(Cc1ccccc1)C(=S)Nc1cccc(CO/N=C(/c2ccccc2)c2nnnn2C)n1. The summed E-state index contributed by atoms with van der Waals surface area (Å²) >= 11 is 5.54. The van der Waals surface area contributed by atoms with Crippen molar-refractivity contribution < 1.29 is 4.84 Å². The molecule has 2 aromatic carbocycles. The first-order chi connectivity index (χ1) is 16.6. The van der Waals surface area contributed by atoms with E-state index >= 15 is 0 Å². The largest absolute Gasteiger partial charge is 0.389 e. The van der Waals surface area contributed by atoms with Gasteiger partial charge in [0.05, 0.1) is 5.69 Å². The first kappa shape index (κ1) is 23.0. The maximum absolute atomic E-state index is 5.65. The Bertz CT molecular complexity index is 1260. The maximum atomic E-state index is 5.65. The number of nitrogens with zero attached hydrogens (tertiary/aromatic N) is 7. The molecular weight excluding hydrogens is 448 g/mol. The van der Waals surface area contributed by atoms with Crippen LogP contribution in [0.25, 0.3) is 0 Å². The lowest BCUT2D eigenvalue weighted by molar-refractivity contribution is 0.128. The fourth-order valence-corrected chi connectivity index (χ4v) is 3.34. The average Bonchev–Trinajstić information content (AvgIpc) is 3.28. The summed E-state index contributed by atoms with van der Waals surface area (Å²) in [6.07, 6.45) is 0. The first-order valence-corrected chi connectivity index (χ1v) is 11.0. The highest BCUT2D eigenvalue weighted by atomic mass is 32.1. The standard InChI is InChI=1S/C24H24N8OS/c1-31(16-18-10-5-3-6-11-18)24(34)26-21-15-9-14-20(25-21)17-33-28-22(19-12-7-4-8-13-19)23-27-29-30-32(23)2/h3-15H,16-17H2,1-2H3,(H,25,26,34)/b28-22-. The van der Waals surface area contributed by atoms with Crippen LogP contribution in [-0.4, -0.2) is 48.0 Å². The minimum absolute atomic E-state index is 0.170. The van der Waals surface area contributed by atoms with Crippen molar-refractivity contribution in [3.63, 3.8) is 0 Å². The van der Waals surface area contributed by atoms with Crippen molar-refractivity contribution in [2.75, 3.05) is 12.4 Å². The fraction of sp³-hybridized carbons (Fsp3) is 0.167. The number of pyridine rings is 1. The van der Waals surface area contributed by atoms with Crippen LogP contribution in [0.15, 0.2) is 84.0 Å². The molecule has 10 heteroatoms. The number of thiocarbonyl (C=S) groups is 1. The van der Waals surface area contributed by atoms with E-state index in [9.17, 15) is 0 Å². The molecular formula is C24H24N8OS. The predicted octanol–water partition coefficient (Wildman–Crippen LogP) is 3.40. The fourth-order valence-electron chi connectivity index (χ4n) is 3.18. The van der Waals surface area contributed by atoms with Crippen LogP contribution in [-0.2, 0) is 25.0 Å². The minimum Gasteiger partial charge on any atom is -0.389 e. The Balaban J connectivity index is 1.41. The van der Waals surface area contributed by atoms with Crippen molar-refractivity contribution >= 4 is 28.9 Å². The summed E-state index contributed by atoms with van der Waals surface area (Å²) < 4.78 is 1.55. The molecule has 9 nitrogen and oxygen atoms in total. The Morgan fingerprint density at radius 2 is 1.76 bits per heavy atom. The number of oxime groups is 1. The Morgan fingerprint density at radius 1 is 1.03 bits per heavy atom. The third-order valence-corrected chi connectivity index (χ3v) is 5.31. The molecule has 2 heterocycles. The van der Waals surface area contributed by atoms with Crippen molar-refractivity contribution in [1.82, 2.24) is 30.1 Å². The zero-order valence-corrected chi connectivity index (χ0v) is 19.7. The molecule has 0 radical (unpaired) electrons. The Morgan fingerprint density at radius 3 is 2.47 bits per heavy atom. The molecule has 0 fully saturated rings. The van der Waals surface area contributed by atoms with Gasteiger partial charge in [0.2, 0.25) is 5.82 Å². The van der Waals surface area contributed by atoms with Crippen molar-refractivity contribution in [3.8, 4) is 0 Å². The van der Waals surface area contributed by atoms with E-state index in [1.54, 1.807) is 11.7 Å². The average molecular weight is 473 g/mol. The Labute approximate surface area is 203 Å². The number of tetrazole rings is 1. The predicted molar refractivity (Wildman–Crippen MR) is 134 cm³/mol. The van der Waals surface area contributed by atoms with E-state index in [4.69, 9.17) is 17.1 Å². The van der Waals surface area contributed by atoms with Crippen molar-refractivity contribution in [1.29, 1.82) is 0 Å². The van der Waals surface area contributed by atoms with Crippen LogP contribution in [0.3, 0.4) is 0 Å². The minimum atomic E-state index is 0.170. The third kappa shape index (κ3) is 5.99. The maximum Gasteiger partial charge on any atom is 0.204 e. The number of benzene rings is 2. The highest BCUT2D eigenvalue weighted by Gasteiger charge is 2.15. The van der Waals surface area contributed by atoms with Crippen LogP contribution >= 0.6 is 12.2 Å². The van der Waals surface area contributed by atoms with E-state index in [-0.39, 0.29) is 6.61 Å². The topological polar surface area (TPSA) is 93.4 Å². The lowest BCUT2D eigenvalue weighted by Gasteiger charge is -2.21. The molecule has 34 heavy (non-hydrogen) atoms. The summed E-state index contributed by atoms with van der Waals surface area (Å²) in [6, 6.07) is 25.4. The number of aromatic nitrogens is 5. The van der Waals surface area contributed by atoms with E-state index in [1.807, 2.05) is 78.7 Å². The summed E-state index contributed by atoms with van der Waals surface area (Å²) in [7, 11) is 3.69. The number of anilines is 1. The molecule has 4 rings (SSSR count). The van der Waals surface area contributed by atoms with Gasteiger partial charge in [-0.25, -0.2) is 9.67 Å². The van der Waals surface area contributed by atoms with Gasteiger partial charge in [-0.2, -0.15) is 0 Å². The lowest BCUT2D eigenvalue weighted by Crippen LogP contribution is -2.30. The quantitative estimate of drug-likeness (QED) is 0.237. The van der Waals surface area contributed by atoms with Gasteiger partial charge in [0.1, 0.15) is 5.82 Å². The van der Waals surface area contributed by atoms with E-state index in [0.29, 0.717) is 34.7 Å². The summed E-state index contributed by atoms with van der Waals surface area (Å²) in [4.78, 5) is 12.2. The van der Waals surface area contributed by atoms with Crippen LogP contribution in [0.5, 0.6) is 0 Å². The zero-order valence-electron chi connectivity index (χ0n) is 18.9. The molecule has 0 spiro atoms. The van der Waals surface area contributed by atoms with E-state index in [2.05, 4.69) is 43.1 Å². The van der Waals surface area contributed by atoms with E-state index < -0.39 is 0 Å². The van der Waals surface area contributed by atoms with Crippen molar-refractivity contribution in [2.24, 2.45) is 12.2 Å². The molecule has 0 saturated carbocycles. The van der Waals surface area contributed by atoms with Crippen LogP contribution < -0.4 is 5.32 Å². The van der Waals surface area contributed by atoms with Crippen LogP contribution in [0.2, 0.25) is 0 Å². The molecule has 0 saturated heterocycles. The smallest absolute Gasteiger partial charge is 0.204 e. The first-order valence-electron chi connectivity index (χ1n) is 10.6. The van der Waals surface area contributed by atoms with Crippen molar-refractivity contribution in [3.05, 3.63) is 102 Å². The highest BCUT2D eigenvalue weighted by Crippen LogP contribution is 2.11. The van der Waals surface area contributed by atoms with E-state index in [1.165, 1.54) is 5.56 Å². The van der Waals surface area contributed by atoms with Gasteiger partial charge in [-0.1, -0.05) is 71.9 Å². The van der Waals surface area contributed by atoms with Crippen molar-refractivity contribution in [2.45, 2.75) is 13.2 Å². The molecule has 0 aliphatic heterocycles. The zero-order chi connectivity index (χ0) is 23.8. The van der Waals surface area contributed by atoms with Gasteiger partial charge in [0.25, 0.3) is 0 Å². The molecule has 172 valence electrons. The molecule has 0 bridgehead atoms. The molecule has 0 aliphatic rings. The second-order valence-electron chi connectivity index (χ2n) is 7.49. The van der Waals surface area contributed by atoms with Gasteiger partial charge < -0.3 is 15.1 Å². The Hall–Kier alpha value is -4.18. The van der Waals surface area contributed by atoms with Gasteiger partial charge in [-0.15, -0.1) is 5.10 Å². The number of aryl methyl sites for hydroxylation is 1. The second kappa shape index (κ2) is 11.1. The lowest BCUT2D eigenvalue weighted by atomic mass is 10.1. The summed E-state index contributed by atoms with van der Waals surface area (Å²) in [5.41, 5.74) is 3.25. The van der Waals surface area contributed by atoms with E-state index in [0.717, 1.165) is 5.56 Å². The molecule has 0 amide bonds. The molecule has 1 N–H and O–H groups in total. The van der Waals surface area contributed by atoms with Gasteiger partial charge in [0.15, 0.2) is 17.4 Å². The molecule has 2 aromatic heterocycles. The van der Waals surface area contributed by atoms with Gasteiger partial charge in [0, 0.05) is 26.2 Å². The van der Waals surface area contributed by atoms with Crippen LogP contribution in [0.1, 0.15) is 22.6 Å². The third-order valence-electron chi connectivity index (χ3n) is 4.90. The molecule has 0 unspecified atom stereocenters. The monoisotopic (exact) mass is 472 g/mol. The molecule has 4 aromatic rings. The van der Waals surface area contributed by atoms with Gasteiger partial charge in [-0.05, 0) is 40.3 Å². The summed E-state index contributed by atoms with van der Waals surface area (Å²) in [5.74, 6) is 1.14. The second-order valence-corrected chi connectivity index (χ2v) is 7.88. The number of hydrogen-bond donors (Lipinski definition) is 1. The normalized spacial score (nSPS) is 11.2. The number of nitrogens with one attached hydrogen (secondary N) is 1. The Kier molecular flexibility index (Phi) is 7.51. The van der Waals surface area contributed by atoms with Crippen LogP contribution in [0, 0.1) is 0 Å². The molecule has 0 atom stereocenters. The van der Waals surface area contributed by atoms with Crippen LogP contribution in [0.4, 0.5) is 5.82 Å². The van der Waals surface area contributed by atoms with Gasteiger partial charge >= 0.3 is 0 Å².